The molecule has 0 aliphatic rings. The minimum Gasteiger partial charge on any atom is -0.469 e. The zero-order valence-electron chi connectivity index (χ0n) is 37.5. The van der Waals surface area contributed by atoms with Crippen molar-refractivity contribution < 1.29 is 33.7 Å². The van der Waals surface area contributed by atoms with Gasteiger partial charge in [-0.05, 0) is 45.7 Å². The molecule has 5 heteroatoms. The van der Waals surface area contributed by atoms with E-state index in [4.69, 9.17) is 4.42 Å². The maximum Gasteiger partial charge on any atom is 0.133 e. The molecule has 0 spiro atoms. The molecule has 0 amide bonds. The number of furan rings is 1. The van der Waals surface area contributed by atoms with Crippen molar-refractivity contribution in [3.63, 3.8) is 0 Å². The van der Waals surface area contributed by atoms with Gasteiger partial charge < -0.3 is 13.6 Å². The number of pyridine rings is 2. The Morgan fingerprint density at radius 1 is 0.672 bits per heavy atom. The SMILES string of the molecule is [CH2-]c1cc(-c2ccc(-c3ccccc3)cc2)c2c(oc3ccccc32)c1-c1cc(C(C)C)cc[n+]1[CH2-].[CH2-]c1cccc(C)c1-c1cc(CC(C)(C)C)c([Si](C)(C)C)c[n+]1[CH2-].[Ir]. The van der Waals surface area contributed by atoms with Crippen LogP contribution < -0.4 is 14.3 Å². The van der Waals surface area contributed by atoms with Gasteiger partial charge in [0.15, 0.2) is 0 Å². The van der Waals surface area contributed by atoms with E-state index in [9.17, 15) is 0 Å². The van der Waals surface area contributed by atoms with Gasteiger partial charge in [-0.1, -0.05) is 180 Å². The van der Waals surface area contributed by atoms with Crippen LogP contribution in [-0.2, 0) is 26.5 Å². The monoisotopic (exact) mass is 997 g/mol. The van der Waals surface area contributed by atoms with Crippen LogP contribution in [0.15, 0.2) is 138 Å². The Morgan fingerprint density at radius 2 is 1.30 bits per heavy atom. The van der Waals surface area contributed by atoms with Gasteiger partial charge in [0.2, 0.25) is 0 Å². The first kappa shape index (κ1) is 45.1. The number of benzene rings is 5. The van der Waals surface area contributed by atoms with Crippen LogP contribution in [0.1, 0.15) is 68.4 Å². The van der Waals surface area contributed by atoms with Gasteiger partial charge >= 0.3 is 0 Å². The molecule has 8 rings (SSSR count). The third-order valence-electron chi connectivity index (χ3n) is 11.4. The number of aryl methyl sites for hydroxylation is 1. The molecule has 8 aromatic rings. The van der Waals surface area contributed by atoms with Crippen LogP contribution in [0.5, 0.6) is 0 Å². The molecule has 315 valence electrons. The predicted octanol–water partition coefficient (Wildman–Crippen LogP) is 13.7. The Bertz CT molecular complexity index is 2800. The second kappa shape index (κ2) is 17.9. The van der Waals surface area contributed by atoms with Gasteiger partial charge in [0.25, 0.3) is 0 Å². The first-order valence-electron chi connectivity index (χ1n) is 21.1. The molecule has 0 atom stereocenters. The van der Waals surface area contributed by atoms with Gasteiger partial charge in [0.1, 0.15) is 5.58 Å². The van der Waals surface area contributed by atoms with Crippen LogP contribution in [0.2, 0.25) is 19.6 Å². The summed E-state index contributed by atoms with van der Waals surface area (Å²) in [5.74, 6) is 0.409. The summed E-state index contributed by atoms with van der Waals surface area (Å²) in [4.78, 5) is 0. The number of fused-ring (bicyclic) bond motifs is 3. The Hall–Kier alpha value is -5.45. The maximum atomic E-state index is 6.55. The Kier molecular flexibility index (Phi) is 13.2. The van der Waals surface area contributed by atoms with Gasteiger partial charge in [0.05, 0.1) is 37.4 Å². The van der Waals surface area contributed by atoms with Gasteiger partial charge in [-0.2, -0.15) is 37.1 Å². The van der Waals surface area contributed by atoms with E-state index in [1.165, 1.54) is 44.3 Å². The molecular weight excluding hydrogens is 937 g/mol. The molecule has 5 aromatic carbocycles. The fourth-order valence-corrected chi connectivity index (χ4v) is 10.1. The number of hydrogen-bond acceptors (Lipinski definition) is 1. The average molecular weight is 997 g/mol. The molecule has 61 heavy (non-hydrogen) atoms. The molecule has 3 heterocycles. The third-order valence-corrected chi connectivity index (χ3v) is 13.5. The summed E-state index contributed by atoms with van der Waals surface area (Å²) >= 11 is 0. The standard InChI is InChI=1S/C34H28NO.C22H32NSi.Ir/c1-22(2)27-18-19-35(4)30(21-27)32-23(3)20-29(33-28-12-8-9-13-31(28)36-34(32)33)26-16-14-25(15-17-26)24-10-6-5-7-11-24;1-16-11-10-12-17(2)21(16)19-13-18(14-22(3,4)5)20(15-23(19)6)24(7,8)9;/h5-22H,3-4H2,1-2H3;10-13,15H,1,6,14H2,2-5,7-9H3;/q2*-1;. The van der Waals surface area contributed by atoms with E-state index in [2.05, 4.69) is 203 Å². The quantitative estimate of drug-likeness (QED) is 0.0885. The van der Waals surface area contributed by atoms with Crippen molar-refractivity contribution in [2.24, 2.45) is 5.41 Å². The van der Waals surface area contributed by atoms with Crippen molar-refractivity contribution in [2.75, 3.05) is 0 Å². The topological polar surface area (TPSA) is 20.9 Å². The minimum absolute atomic E-state index is 0. The first-order valence-corrected chi connectivity index (χ1v) is 24.6. The van der Waals surface area contributed by atoms with Gasteiger partial charge in [-0.25, -0.2) is 0 Å². The molecule has 0 N–H and O–H groups in total. The second-order valence-electron chi connectivity index (χ2n) is 18.8. The summed E-state index contributed by atoms with van der Waals surface area (Å²) in [6.45, 7) is 29.5. The minimum atomic E-state index is -1.44. The number of aromatic nitrogens is 2. The van der Waals surface area contributed by atoms with Gasteiger partial charge in [-0.3, -0.25) is 0 Å². The Balaban J connectivity index is 0.000000218. The van der Waals surface area contributed by atoms with E-state index in [1.807, 2.05) is 29.0 Å². The molecule has 0 fully saturated rings. The van der Waals surface area contributed by atoms with Crippen LogP contribution in [0, 0.1) is 40.3 Å². The van der Waals surface area contributed by atoms with E-state index in [1.54, 1.807) is 0 Å². The summed E-state index contributed by atoms with van der Waals surface area (Å²) in [5, 5.41) is 3.72. The largest absolute Gasteiger partial charge is 0.469 e. The summed E-state index contributed by atoms with van der Waals surface area (Å²) < 4.78 is 10.5. The summed E-state index contributed by atoms with van der Waals surface area (Å²) in [5.41, 5.74) is 17.0. The predicted molar refractivity (Wildman–Crippen MR) is 258 cm³/mol. The van der Waals surface area contributed by atoms with Crippen molar-refractivity contribution in [3.05, 3.63) is 189 Å². The summed E-state index contributed by atoms with van der Waals surface area (Å²) in [6.07, 6.45) is 5.38. The zero-order chi connectivity index (χ0) is 43.1. The number of hydrogen-bond donors (Lipinski definition) is 0. The Labute approximate surface area is 379 Å². The molecule has 0 bridgehead atoms. The molecule has 0 unspecified atom stereocenters. The third kappa shape index (κ3) is 9.56. The van der Waals surface area contributed by atoms with Crippen molar-refractivity contribution >= 4 is 35.2 Å². The molecule has 3 nitrogen and oxygen atoms in total. The van der Waals surface area contributed by atoms with Gasteiger partial charge in [-0.15, -0.1) is 17.2 Å². The smallest absolute Gasteiger partial charge is 0.133 e. The van der Waals surface area contributed by atoms with Crippen molar-refractivity contribution in [2.45, 2.75) is 73.5 Å². The molecule has 0 aliphatic heterocycles. The maximum absolute atomic E-state index is 6.55. The fraction of sp³-hybridized carbons (Fsp3) is 0.214. The first-order chi connectivity index (χ1) is 28.4. The van der Waals surface area contributed by atoms with E-state index >= 15 is 0 Å². The number of nitrogens with zero attached hydrogens (tertiary/aromatic N) is 2. The van der Waals surface area contributed by atoms with Crippen LogP contribution in [0.4, 0.5) is 0 Å². The molecule has 3 aromatic heterocycles. The Morgan fingerprint density at radius 3 is 1.93 bits per heavy atom. The van der Waals surface area contributed by atoms with Crippen molar-refractivity contribution in [1.29, 1.82) is 0 Å². The molecular formula is C56H60IrN2OSi-2. The summed E-state index contributed by atoms with van der Waals surface area (Å²) in [6, 6.07) is 42.7. The molecule has 0 saturated carbocycles. The van der Waals surface area contributed by atoms with Gasteiger partial charge in [0, 0.05) is 45.0 Å². The van der Waals surface area contributed by atoms with Crippen LogP contribution in [0.25, 0.3) is 66.7 Å². The number of rotatable bonds is 7. The van der Waals surface area contributed by atoms with E-state index in [-0.39, 0.29) is 25.5 Å². The van der Waals surface area contributed by atoms with Crippen LogP contribution >= 0.6 is 0 Å². The second-order valence-corrected chi connectivity index (χ2v) is 23.9. The molecule has 0 saturated heterocycles. The van der Waals surface area contributed by atoms with E-state index < -0.39 is 8.07 Å². The van der Waals surface area contributed by atoms with Crippen LogP contribution in [0.3, 0.4) is 0 Å². The average Bonchev–Trinajstić information content (AvgIpc) is 3.58. The zero-order valence-corrected chi connectivity index (χ0v) is 40.8. The van der Waals surface area contributed by atoms with E-state index in [0.717, 1.165) is 61.9 Å². The fourth-order valence-electron chi connectivity index (χ4n) is 8.39. The summed E-state index contributed by atoms with van der Waals surface area (Å²) in [7, 11) is 7.13. The normalized spacial score (nSPS) is 11.7. The molecule has 1 radical (unpaired) electrons. The number of para-hydroxylation sites is 1. The molecule has 0 aliphatic carbocycles. The van der Waals surface area contributed by atoms with E-state index in [0.29, 0.717) is 5.92 Å². The van der Waals surface area contributed by atoms with Crippen molar-refractivity contribution in [3.8, 4) is 44.8 Å². The van der Waals surface area contributed by atoms with Crippen LogP contribution in [-0.4, -0.2) is 8.07 Å². The van der Waals surface area contributed by atoms with Crippen molar-refractivity contribution in [1.82, 2.24) is 0 Å².